The molecular weight excluding hydrogens is 284 g/mol. The van der Waals surface area contributed by atoms with Crippen LogP contribution in [-0.2, 0) is 19.1 Å². The van der Waals surface area contributed by atoms with E-state index in [0.29, 0.717) is 13.2 Å². The van der Waals surface area contributed by atoms with Gasteiger partial charge in [-0.25, -0.2) is 0 Å². The lowest BCUT2D eigenvalue weighted by Crippen LogP contribution is -2.48. The second kappa shape index (κ2) is 12.0. The molecule has 0 aliphatic carbocycles. The molecule has 6 heteroatoms. The number of carbonyl (C=O) groups is 3. The van der Waals surface area contributed by atoms with Crippen LogP contribution < -0.4 is 10.6 Å². The summed E-state index contributed by atoms with van der Waals surface area (Å²) in [5.74, 6) is -1.00. The molecule has 1 atom stereocenters. The maximum Gasteiger partial charge on any atom is 0.305 e. The fraction of sp³-hybridized carbons (Fsp3) is 0.812. The van der Waals surface area contributed by atoms with Crippen molar-refractivity contribution in [2.45, 2.75) is 65.8 Å². The summed E-state index contributed by atoms with van der Waals surface area (Å²) in [4.78, 5) is 35.4. The molecule has 0 fully saturated rings. The number of hydrogen-bond donors (Lipinski definition) is 2. The van der Waals surface area contributed by atoms with Crippen molar-refractivity contribution in [3.8, 4) is 0 Å². The SMILES string of the molecule is CCCCCNC(=O)C(CCC(=O)OCC)NC(=O)C(C)C. The zero-order valence-corrected chi connectivity index (χ0v) is 14.2. The number of ether oxygens (including phenoxy) is 1. The minimum atomic E-state index is -0.694. The van der Waals surface area contributed by atoms with E-state index in [4.69, 9.17) is 4.74 Å². The van der Waals surface area contributed by atoms with Crippen molar-refractivity contribution in [1.82, 2.24) is 10.6 Å². The molecule has 2 amide bonds. The van der Waals surface area contributed by atoms with Gasteiger partial charge in [-0.05, 0) is 19.8 Å². The molecule has 0 bridgehead atoms. The van der Waals surface area contributed by atoms with Gasteiger partial charge in [0.2, 0.25) is 11.8 Å². The van der Waals surface area contributed by atoms with Crippen LogP contribution in [0.15, 0.2) is 0 Å². The van der Waals surface area contributed by atoms with E-state index < -0.39 is 6.04 Å². The lowest BCUT2D eigenvalue weighted by atomic mass is 10.1. The van der Waals surface area contributed by atoms with Gasteiger partial charge in [0, 0.05) is 18.9 Å². The Labute approximate surface area is 133 Å². The Morgan fingerprint density at radius 2 is 1.73 bits per heavy atom. The number of hydrogen-bond acceptors (Lipinski definition) is 4. The van der Waals surface area contributed by atoms with Crippen molar-refractivity contribution in [1.29, 1.82) is 0 Å². The predicted octanol–water partition coefficient (Wildman–Crippen LogP) is 1.78. The lowest BCUT2D eigenvalue weighted by Gasteiger charge is -2.19. The normalized spacial score (nSPS) is 11.9. The number of carbonyl (C=O) groups excluding carboxylic acids is 3. The van der Waals surface area contributed by atoms with Gasteiger partial charge in [0.25, 0.3) is 0 Å². The van der Waals surface area contributed by atoms with Crippen LogP contribution in [0.3, 0.4) is 0 Å². The highest BCUT2D eigenvalue weighted by Crippen LogP contribution is 2.03. The maximum absolute atomic E-state index is 12.2. The Morgan fingerprint density at radius 1 is 1.05 bits per heavy atom. The van der Waals surface area contributed by atoms with Crippen LogP contribution >= 0.6 is 0 Å². The maximum atomic E-state index is 12.2. The first-order valence-corrected chi connectivity index (χ1v) is 8.16. The molecular formula is C16H30N2O4. The van der Waals surface area contributed by atoms with Crippen molar-refractivity contribution in [3.05, 3.63) is 0 Å². The fourth-order valence-electron chi connectivity index (χ4n) is 1.81. The van der Waals surface area contributed by atoms with Crippen molar-refractivity contribution in [2.24, 2.45) is 5.92 Å². The first-order chi connectivity index (χ1) is 10.4. The number of esters is 1. The highest BCUT2D eigenvalue weighted by Gasteiger charge is 2.22. The molecule has 1 unspecified atom stereocenters. The van der Waals surface area contributed by atoms with Gasteiger partial charge in [-0.1, -0.05) is 33.6 Å². The van der Waals surface area contributed by atoms with E-state index >= 15 is 0 Å². The first-order valence-electron chi connectivity index (χ1n) is 8.16. The second-order valence-electron chi connectivity index (χ2n) is 5.56. The molecule has 0 radical (unpaired) electrons. The third-order valence-electron chi connectivity index (χ3n) is 3.18. The van der Waals surface area contributed by atoms with E-state index in [1.54, 1.807) is 20.8 Å². The highest BCUT2D eigenvalue weighted by atomic mass is 16.5. The van der Waals surface area contributed by atoms with E-state index in [2.05, 4.69) is 17.6 Å². The van der Waals surface area contributed by atoms with Crippen LogP contribution in [0, 0.1) is 5.92 Å². The van der Waals surface area contributed by atoms with Crippen molar-refractivity contribution >= 4 is 17.8 Å². The summed E-state index contributed by atoms with van der Waals surface area (Å²) in [5.41, 5.74) is 0. The number of nitrogens with one attached hydrogen (secondary N) is 2. The fourth-order valence-corrected chi connectivity index (χ4v) is 1.81. The summed E-state index contributed by atoms with van der Waals surface area (Å²) in [7, 11) is 0. The van der Waals surface area contributed by atoms with Crippen LogP contribution in [0.1, 0.15) is 59.8 Å². The molecule has 0 spiro atoms. The van der Waals surface area contributed by atoms with Gasteiger partial charge in [-0.3, -0.25) is 14.4 Å². The Hall–Kier alpha value is -1.59. The number of rotatable bonds is 11. The van der Waals surface area contributed by atoms with Crippen LogP contribution in [0.25, 0.3) is 0 Å². The molecule has 0 saturated carbocycles. The molecule has 0 aliphatic heterocycles. The monoisotopic (exact) mass is 314 g/mol. The Balaban J connectivity index is 4.46. The minimum absolute atomic E-state index is 0.110. The van der Waals surface area contributed by atoms with Gasteiger partial charge in [0.05, 0.1) is 6.61 Å². The van der Waals surface area contributed by atoms with Gasteiger partial charge >= 0.3 is 5.97 Å². The van der Waals surface area contributed by atoms with Crippen molar-refractivity contribution in [2.75, 3.05) is 13.2 Å². The third-order valence-corrected chi connectivity index (χ3v) is 3.18. The Bertz CT molecular complexity index is 356. The first kappa shape index (κ1) is 20.4. The van der Waals surface area contributed by atoms with Gasteiger partial charge in [0.1, 0.15) is 6.04 Å². The van der Waals surface area contributed by atoms with E-state index in [-0.39, 0.29) is 36.5 Å². The summed E-state index contributed by atoms with van der Waals surface area (Å²) in [6, 6.07) is -0.694. The second-order valence-corrected chi connectivity index (χ2v) is 5.56. The molecule has 0 aliphatic rings. The molecule has 0 aromatic rings. The quantitative estimate of drug-likeness (QED) is 0.450. The zero-order chi connectivity index (χ0) is 17.0. The summed E-state index contributed by atoms with van der Waals surface area (Å²) >= 11 is 0. The summed E-state index contributed by atoms with van der Waals surface area (Å²) in [6.07, 6.45) is 3.39. The van der Waals surface area contributed by atoms with Crippen LogP contribution in [0.2, 0.25) is 0 Å². The molecule has 22 heavy (non-hydrogen) atoms. The average Bonchev–Trinajstić information content (AvgIpc) is 2.47. The summed E-state index contributed by atoms with van der Waals surface area (Å²) in [6.45, 7) is 8.24. The van der Waals surface area contributed by atoms with E-state index in [1.165, 1.54) is 0 Å². The van der Waals surface area contributed by atoms with Crippen LogP contribution in [0.5, 0.6) is 0 Å². The van der Waals surface area contributed by atoms with Crippen LogP contribution in [0.4, 0.5) is 0 Å². The standard InChI is InChI=1S/C16H30N2O4/c1-5-7-8-11-17-16(21)13(18-15(20)12(3)4)9-10-14(19)22-6-2/h12-13H,5-11H2,1-4H3,(H,17,21)(H,18,20). The zero-order valence-electron chi connectivity index (χ0n) is 14.2. The highest BCUT2D eigenvalue weighted by molar-refractivity contribution is 5.88. The molecule has 0 rings (SSSR count). The summed E-state index contributed by atoms with van der Waals surface area (Å²) < 4.78 is 4.85. The van der Waals surface area contributed by atoms with Gasteiger partial charge in [-0.15, -0.1) is 0 Å². The minimum Gasteiger partial charge on any atom is -0.466 e. The van der Waals surface area contributed by atoms with Crippen LogP contribution in [-0.4, -0.2) is 37.0 Å². The smallest absolute Gasteiger partial charge is 0.305 e. The summed E-state index contributed by atoms with van der Waals surface area (Å²) in [5, 5.41) is 5.51. The van der Waals surface area contributed by atoms with Gasteiger partial charge < -0.3 is 15.4 Å². The molecule has 0 heterocycles. The molecule has 0 aromatic heterocycles. The molecule has 6 nitrogen and oxygen atoms in total. The molecule has 128 valence electrons. The van der Waals surface area contributed by atoms with Gasteiger partial charge in [0.15, 0.2) is 0 Å². The van der Waals surface area contributed by atoms with E-state index in [0.717, 1.165) is 19.3 Å². The number of unbranched alkanes of at least 4 members (excludes halogenated alkanes) is 2. The van der Waals surface area contributed by atoms with Gasteiger partial charge in [-0.2, -0.15) is 0 Å². The molecule has 0 aromatic carbocycles. The van der Waals surface area contributed by atoms with Crippen molar-refractivity contribution in [3.63, 3.8) is 0 Å². The number of amides is 2. The Kier molecular flexibility index (Phi) is 11.1. The lowest BCUT2D eigenvalue weighted by molar-refractivity contribution is -0.143. The Morgan fingerprint density at radius 3 is 2.27 bits per heavy atom. The topological polar surface area (TPSA) is 84.5 Å². The largest absolute Gasteiger partial charge is 0.466 e. The van der Waals surface area contributed by atoms with E-state index in [9.17, 15) is 14.4 Å². The average molecular weight is 314 g/mol. The molecule has 0 saturated heterocycles. The predicted molar refractivity (Wildman–Crippen MR) is 85.2 cm³/mol. The van der Waals surface area contributed by atoms with Crippen molar-refractivity contribution < 1.29 is 19.1 Å². The molecule has 2 N–H and O–H groups in total. The van der Waals surface area contributed by atoms with E-state index in [1.807, 2.05) is 0 Å². The third kappa shape index (κ3) is 9.37.